The van der Waals surface area contributed by atoms with Gasteiger partial charge in [-0.1, -0.05) is 24.3 Å². The average Bonchev–Trinajstić information content (AvgIpc) is 2.90. The number of benzene rings is 4. The molecule has 0 aliphatic heterocycles. The molecular formula is C26H20F2N2O8S2. The maximum atomic E-state index is 13.5. The lowest BCUT2D eigenvalue weighted by Gasteiger charge is -2.28. The van der Waals surface area contributed by atoms with Crippen molar-refractivity contribution in [3.8, 4) is 0 Å². The molecular weight excluding hydrogens is 570 g/mol. The molecule has 0 amide bonds. The highest BCUT2D eigenvalue weighted by Crippen LogP contribution is 2.38. The minimum Gasteiger partial charge on any atom is -0.480 e. The summed E-state index contributed by atoms with van der Waals surface area (Å²) in [4.78, 5) is 22.6. The zero-order valence-corrected chi connectivity index (χ0v) is 21.9. The van der Waals surface area contributed by atoms with E-state index in [4.69, 9.17) is 0 Å². The smallest absolute Gasteiger partial charge is 0.324 e. The summed E-state index contributed by atoms with van der Waals surface area (Å²) in [5.41, 5.74) is -0.305. The summed E-state index contributed by atoms with van der Waals surface area (Å²) in [6.07, 6.45) is 0. The Labute approximate surface area is 227 Å². The van der Waals surface area contributed by atoms with Crippen molar-refractivity contribution in [2.45, 2.75) is 9.79 Å². The lowest BCUT2D eigenvalue weighted by atomic mass is 10.1. The van der Waals surface area contributed by atoms with Gasteiger partial charge in [0.1, 0.15) is 24.7 Å². The Bertz CT molecular complexity index is 1680. The van der Waals surface area contributed by atoms with Gasteiger partial charge in [-0.3, -0.25) is 18.2 Å². The highest BCUT2D eigenvalue weighted by atomic mass is 32.2. The number of sulfonamides is 2. The zero-order valence-electron chi connectivity index (χ0n) is 20.3. The van der Waals surface area contributed by atoms with E-state index >= 15 is 0 Å². The van der Waals surface area contributed by atoms with Crippen molar-refractivity contribution >= 4 is 54.1 Å². The second kappa shape index (κ2) is 10.9. The summed E-state index contributed by atoms with van der Waals surface area (Å²) in [6.45, 7) is -2.06. The minimum absolute atomic E-state index is 0.0802. The molecule has 0 heterocycles. The Hall–Kier alpha value is -4.56. The highest BCUT2D eigenvalue weighted by Gasteiger charge is 2.32. The van der Waals surface area contributed by atoms with Crippen molar-refractivity contribution in [3.05, 3.63) is 96.6 Å². The predicted octanol–water partition coefficient (Wildman–Crippen LogP) is 3.68. The molecule has 0 atom stereocenters. The van der Waals surface area contributed by atoms with Crippen LogP contribution < -0.4 is 8.61 Å². The molecule has 0 fully saturated rings. The van der Waals surface area contributed by atoms with Crippen LogP contribution in [-0.4, -0.2) is 52.1 Å². The predicted molar refractivity (Wildman–Crippen MR) is 141 cm³/mol. The van der Waals surface area contributed by atoms with Gasteiger partial charge >= 0.3 is 11.9 Å². The number of fused-ring (bicyclic) bond motifs is 1. The van der Waals surface area contributed by atoms with Crippen molar-refractivity contribution in [2.24, 2.45) is 0 Å². The molecule has 0 radical (unpaired) electrons. The fourth-order valence-corrected chi connectivity index (χ4v) is 6.88. The van der Waals surface area contributed by atoms with Crippen LogP contribution in [0.3, 0.4) is 0 Å². The normalized spacial score (nSPS) is 11.8. The van der Waals surface area contributed by atoms with Crippen LogP contribution >= 0.6 is 0 Å². The van der Waals surface area contributed by atoms with Crippen LogP contribution in [-0.2, 0) is 29.6 Å². The van der Waals surface area contributed by atoms with Crippen LogP contribution in [0.1, 0.15) is 0 Å². The van der Waals surface area contributed by atoms with Gasteiger partial charge in [0, 0.05) is 10.8 Å². The third-order valence-electron chi connectivity index (χ3n) is 5.78. The fourth-order valence-electron chi connectivity index (χ4n) is 4.01. The first-order chi connectivity index (χ1) is 18.8. The summed E-state index contributed by atoms with van der Waals surface area (Å²) >= 11 is 0. The number of carboxylic acids is 2. The summed E-state index contributed by atoms with van der Waals surface area (Å²) in [5.74, 6) is -4.44. The maximum Gasteiger partial charge on any atom is 0.324 e. The Morgan fingerprint density at radius 1 is 0.575 bits per heavy atom. The van der Waals surface area contributed by atoms with Crippen molar-refractivity contribution in [1.82, 2.24) is 0 Å². The van der Waals surface area contributed by atoms with Gasteiger partial charge in [0.15, 0.2) is 0 Å². The average molecular weight is 591 g/mol. The molecule has 0 unspecified atom stereocenters. The molecule has 10 nitrogen and oxygen atoms in total. The first-order valence-electron chi connectivity index (χ1n) is 11.3. The summed E-state index contributed by atoms with van der Waals surface area (Å²) in [6, 6.07) is 15.6. The van der Waals surface area contributed by atoms with E-state index in [1.807, 2.05) is 0 Å². The number of halogens is 2. The fraction of sp³-hybridized carbons (Fsp3) is 0.0769. The van der Waals surface area contributed by atoms with Crippen molar-refractivity contribution < 1.29 is 45.4 Å². The van der Waals surface area contributed by atoms with Gasteiger partial charge in [0.25, 0.3) is 20.0 Å². The molecule has 0 saturated carbocycles. The first kappa shape index (κ1) is 28.4. The number of aliphatic carboxylic acids is 2. The highest BCUT2D eigenvalue weighted by molar-refractivity contribution is 7.93. The Morgan fingerprint density at radius 2 is 0.900 bits per heavy atom. The number of carboxylic acid groups (broad SMARTS) is 2. The molecule has 4 aromatic carbocycles. The van der Waals surface area contributed by atoms with E-state index in [1.54, 1.807) is 0 Å². The van der Waals surface area contributed by atoms with Crippen LogP contribution in [0.5, 0.6) is 0 Å². The largest absolute Gasteiger partial charge is 0.480 e. The molecule has 0 aromatic heterocycles. The van der Waals surface area contributed by atoms with Crippen LogP contribution in [0.4, 0.5) is 20.2 Å². The van der Waals surface area contributed by atoms with Crippen molar-refractivity contribution in [3.63, 3.8) is 0 Å². The lowest BCUT2D eigenvalue weighted by molar-refractivity contribution is -0.136. The van der Waals surface area contributed by atoms with Gasteiger partial charge in [0.2, 0.25) is 0 Å². The third kappa shape index (κ3) is 5.58. The number of nitrogens with zero attached hydrogens (tertiary/aromatic N) is 2. The van der Waals surface area contributed by atoms with Crippen molar-refractivity contribution in [1.29, 1.82) is 0 Å². The minimum atomic E-state index is -4.56. The molecule has 0 aliphatic rings. The first-order valence-corrected chi connectivity index (χ1v) is 14.2. The van der Waals surface area contributed by atoms with Gasteiger partial charge in [-0.15, -0.1) is 0 Å². The van der Waals surface area contributed by atoms with E-state index in [2.05, 4.69) is 0 Å². The third-order valence-corrected chi connectivity index (χ3v) is 9.32. The lowest BCUT2D eigenvalue weighted by Crippen LogP contribution is -2.37. The SMILES string of the molecule is O=C(O)CN(c1ccc(N(CC(=O)O)S(=O)(=O)c2ccc(F)cc2)c2ccccc12)S(=O)(=O)c1ccc(F)cc1. The number of hydrogen-bond acceptors (Lipinski definition) is 6. The molecule has 14 heteroatoms. The van der Waals surface area contributed by atoms with E-state index < -0.39 is 66.5 Å². The molecule has 0 spiro atoms. The monoisotopic (exact) mass is 590 g/mol. The van der Waals surface area contributed by atoms with Crippen LogP contribution in [0, 0.1) is 11.6 Å². The number of hydrogen-bond donors (Lipinski definition) is 2. The Kier molecular flexibility index (Phi) is 7.75. The zero-order chi connectivity index (χ0) is 29.2. The van der Waals surface area contributed by atoms with Gasteiger partial charge in [-0.05, 0) is 60.7 Å². The Balaban J connectivity index is 1.95. The van der Waals surface area contributed by atoms with E-state index in [0.29, 0.717) is 8.61 Å². The van der Waals surface area contributed by atoms with Gasteiger partial charge < -0.3 is 10.2 Å². The van der Waals surface area contributed by atoms with Crippen LogP contribution in [0.15, 0.2) is 94.7 Å². The number of rotatable bonds is 10. The molecule has 4 aromatic rings. The topological polar surface area (TPSA) is 149 Å². The Morgan fingerprint density at radius 3 is 1.20 bits per heavy atom. The number of carbonyl (C=O) groups is 2. The van der Waals surface area contributed by atoms with Crippen LogP contribution in [0.2, 0.25) is 0 Å². The quantitative estimate of drug-likeness (QED) is 0.284. The van der Waals surface area contributed by atoms with E-state index in [-0.39, 0.29) is 22.1 Å². The van der Waals surface area contributed by atoms with Crippen LogP contribution in [0.25, 0.3) is 10.8 Å². The van der Waals surface area contributed by atoms with Crippen molar-refractivity contribution in [2.75, 3.05) is 21.7 Å². The van der Waals surface area contributed by atoms with E-state index in [9.17, 15) is 45.4 Å². The molecule has 4 rings (SSSR count). The molecule has 2 N–H and O–H groups in total. The summed E-state index contributed by atoms with van der Waals surface area (Å²) < 4.78 is 82.0. The molecule has 208 valence electrons. The summed E-state index contributed by atoms with van der Waals surface area (Å²) in [5, 5.41) is 19.2. The molecule has 0 saturated heterocycles. The second-order valence-electron chi connectivity index (χ2n) is 8.37. The van der Waals surface area contributed by atoms with Gasteiger partial charge in [-0.25, -0.2) is 25.6 Å². The summed E-state index contributed by atoms with van der Waals surface area (Å²) in [7, 11) is -9.12. The molecule has 40 heavy (non-hydrogen) atoms. The van der Waals surface area contributed by atoms with E-state index in [0.717, 1.165) is 60.7 Å². The van der Waals surface area contributed by atoms with Gasteiger partial charge in [-0.2, -0.15) is 0 Å². The number of anilines is 2. The molecule has 0 bridgehead atoms. The second-order valence-corrected chi connectivity index (χ2v) is 12.1. The maximum absolute atomic E-state index is 13.5. The molecule has 0 aliphatic carbocycles. The van der Waals surface area contributed by atoms with Gasteiger partial charge in [0.05, 0.1) is 21.2 Å². The van der Waals surface area contributed by atoms with E-state index in [1.165, 1.54) is 24.3 Å². The standard InChI is InChI=1S/C26H20F2N2O8S2/c27-17-5-9-19(10-6-17)39(35,36)29(15-25(31)32)23-13-14-24(22-4-2-1-3-21(22)23)30(16-26(33)34)40(37,38)20-11-7-18(28)8-12-20/h1-14H,15-16H2,(H,31,32)(H,33,34).